The van der Waals surface area contributed by atoms with Crippen molar-refractivity contribution in [2.24, 2.45) is 0 Å². The molecule has 13 heteroatoms. The Labute approximate surface area is 201 Å². The van der Waals surface area contributed by atoms with Gasteiger partial charge in [-0.1, -0.05) is 18.2 Å². The van der Waals surface area contributed by atoms with Crippen LogP contribution in [0.1, 0.15) is 26.3 Å². The first-order valence-corrected chi connectivity index (χ1v) is 10.5. The largest absolute Gasteiger partial charge is 0.467 e. The summed E-state index contributed by atoms with van der Waals surface area (Å²) in [6.07, 6.45) is -9.14. The minimum Gasteiger partial charge on any atom is -0.467 e. The quantitative estimate of drug-likeness (QED) is 0.382. The van der Waals surface area contributed by atoms with Gasteiger partial charge in [0, 0.05) is 33.0 Å². The van der Waals surface area contributed by atoms with Crippen molar-refractivity contribution in [3.63, 3.8) is 0 Å². The van der Waals surface area contributed by atoms with E-state index in [2.05, 4.69) is 10.6 Å². The van der Waals surface area contributed by atoms with Gasteiger partial charge in [-0.2, -0.15) is 0 Å². The summed E-state index contributed by atoms with van der Waals surface area (Å²) < 4.78 is 31.1. The Balaban J connectivity index is 2.39. The van der Waals surface area contributed by atoms with Crippen molar-refractivity contribution < 1.29 is 52.4 Å². The number of esters is 4. The van der Waals surface area contributed by atoms with Crippen LogP contribution in [-0.2, 0) is 54.1 Å². The van der Waals surface area contributed by atoms with Gasteiger partial charge < -0.3 is 33.7 Å². The van der Waals surface area contributed by atoms with Crippen molar-refractivity contribution in [1.82, 2.24) is 5.32 Å². The zero-order valence-electron chi connectivity index (χ0n) is 19.9. The maximum Gasteiger partial charge on any atom is 0.414 e. The fourth-order valence-corrected chi connectivity index (χ4v) is 3.41. The fourth-order valence-electron chi connectivity index (χ4n) is 3.41. The summed E-state index contributed by atoms with van der Waals surface area (Å²) in [5, 5.41) is 5.50. The Morgan fingerprint density at radius 2 is 1.43 bits per heavy atom. The van der Waals surface area contributed by atoms with Gasteiger partial charge in [-0.25, -0.2) is 9.59 Å². The van der Waals surface area contributed by atoms with E-state index in [-0.39, 0.29) is 0 Å². The van der Waals surface area contributed by atoms with E-state index in [4.69, 9.17) is 28.4 Å². The number of anilines is 1. The van der Waals surface area contributed by atoms with Crippen molar-refractivity contribution in [3.8, 4) is 0 Å². The highest BCUT2D eigenvalue weighted by Crippen LogP contribution is 2.30. The van der Waals surface area contributed by atoms with Crippen LogP contribution < -0.4 is 10.6 Å². The minimum atomic E-state index is -1.74. The fraction of sp³-hybridized carbons (Fsp3) is 0.500. The molecule has 35 heavy (non-hydrogen) atoms. The third kappa shape index (κ3) is 7.65. The average molecular weight is 496 g/mol. The molecule has 13 nitrogen and oxygen atoms in total. The Hall–Kier alpha value is -3.71. The van der Waals surface area contributed by atoms with E-state index in [1.807, 2.05) is 0 Å². The highest BCUT2D eigenvalue weighted by atomic mass is 16.8. The van der Waals surface area contributed by atoms with E-state index in [0.717, 1.165) is 33.4 Å². The number of hydrogen-bond acceptors (Lipinski definition) is 12. The third-order valence-electron chi connectivity index (χ3n) is 4.68. The molecule has 1 saturated heterocycles. The molecule has 0 saturated carbocycles. The lowest BCUT2D eigenvalue weighted by Crippen LogP contribution is -2.64. The lowest BCUT2D eigenvalue weighted by molar-refractivity contribution is -0.287. The predicted octanol–water partition coefficient (Wildman–Crippen LogP) is 0.648. The maximum atomic E-state index is 12.7. The van der Waals surface area contributed by atoms with Crippen molar-refractivity contribution in [2.45, 2.75) is 58.0 Å². The maximum absolute atomic E-state index is 12.7. The number of carbonyl (C=O) groups excluding carboxylic acids is 5. The van der Waals surface area contributed by atoms with Gasteiger partial charge in [-0.05, 0) is 18.7 Å². The molecule has 0 aliphatic carbocycles. The number of para-hydroxylation sites is 1. The van der Waals surface area contributed by atoms with Crippen LogP contribution in [0.5, 0.6) is 0 Å². The van der Waals surface area contributed by atoms with Crippen LogP contribution in [0.2, 0.25) is 0 Å². The SMILES string of the molecule is CNCc1ccccc1NC(=O)O[C@@H]1O[C@H](C(=O)OC)[C@@H](OC(C)=O)[C@H](OC(C)=O)[C@H]1OC(C)=O. The van der Waals surface area contributed by atoms with Gasteiger partial charge in [-0.3, -0.25) is 19.7 Å². The van der Waals surface area contributed by atoms with E-state index in [1.54, 1.807) is 31.3 Å². The summed E-state index contributed by atoms with van der Waals surface area (Å²) in [5.74, 6) is -3.55. The van der Waals surface area contributed by atoms with E-state index in [0.29, 0.717) is 12.2 Å². The smallest absolute Gasteiger partial charge is 0.414 e. The Bertz CT molecular complexity index is 951. The Morgan fingerprint density at radius 1 is 0.857 bits per heavy atom. The Kier molecular flexibility index (Phi) is 9.97. The summed E-state index contributed by atoms with van der Waals surface area (Å²) in [6.45, 7) is 3.61. The molecule has 0 spiro atoms. The molecular weight excluding hydrogens is 468 g/mol. The second-order valence-electron chi connectivity index (χ2n) is 7.39. The van der Waals surface area contributed by atoms with Crippen LogP contribution in [0, 0.1) is 0 Å². The van der Waals surface area contributed by atoms with Gasteiger partial charge in [0.1, 0.15) is 0 Å². The number of benzene rings is 1. The first-order chi connectivity index (χ1) is 16.6. The lowest BCUT2D eigenvalue weighted by atomic mass is 9.97. The average Bonchev–Trinajstić information content (AvgIpc) is 2.77. The van der Waals surface area contributed by atoms with Crippen LogP contribution in [0.25, 0.3) is 0 Å². The Morgan fingerprint density at radius 3 is 2.00 bits per heavy atom. The molecule has 0 radical (unpaired) electrons. The number of ether oxygens (including phenoxy) is 6. The predicted molar refractivity (Wildman–Crippen MR) is 117 cm³/mol. The molecule has 1 amide bonds. The molecule has 192 valence electrons. The topological polar surface area (TPSA) is 165 Å². The first-order valence-electron chi connectivity index (χ1n) is 10.5. The molecule has 0 unspecified atom stereocenters. The van der Waals surface area contributed by atoms with Crippen LogP contribution in [0.3, 0.4) is 0 Å². The zero-order valence-corrected chi connectivity index (χ0v) is 19.9. The van der Waals surface area contributed by atoms with Gasteiger partial charge in [0.25, 0.3) is 0 Å². The molecule has 2 N–H and O–H groups in total. The zero-order chi connectivity index (χ0) is 26.1. The molecule has 1 aliphatic heterocycles. The van der Waals surface area contributed by atoms with Gasteiger partial charge in [0.05, 0.1) is 7.11 Å². The van der Waals surface area contributed by atoms with Gasteiger partial charge in [0.15, 0.2) is 18.3 Å². The normalized spacial score (nSPS) is 23.4. The molecule has 1 heterocycles. The van der Waals surface area contributed by atoms with Crippen LogP contribution in [0.4, 0.5) is 10.5 Å². The van der Waals surface area contributed by atoms with Gasteiger partial charge in [-0.15, -0.1) is 0 Å². The molecule has 0 bridgehead atoms. The lowest BCUT2D eigenvalue weighted by Gasteiger charge is -2.42. The molecule has 1 aromatic rings. The number of methoxy groups -OCH3 is 1. The number of rotatable bonds is 8. The highest BCUT2D eigenvalue weighted by molar-refractivity contribution is 5.86. The molecule has 0 aromatic heterocycles. The van der Waals surface area contributed by atoms with Gasteiger partial charge in [0.2, 0.25) is 12.4 Å². The second kappa shape index (κ2) is 12.7. The summed E-state index contributed by atoms with van der Waals surface area (Å²) in [6, 6.07) is 6.89. The number of nitrogens with one attached hydrogen (secondary N) is 2. The summed E-state index contributed by atoms with van der Waals surface area (Å²) in [4.78, 5) is 60.4. The summed E-state index contributed by atoms with van der Waals surface area (Å²) >= 11 is 0. The summed E-state index contributed by atoms with van der Waals surface area (Å²) in [5.41, 5.74) is 1.17. The standard InChI is InChI=1S/C22H28N2O11/c1-11(25)31-16-17(32-12(2)26)19(33-13(3)27)21(34-18(16)20(28)30-5)35-22(29)24-15-9-7-6-8-14(15)10-23-4/h6-9,16-19,21,23H,10H2,1-5H3,(H,24,29)/t16-,17-,18-,19+,21-/m0/s1. The molecular formula is C22H28N2O11. The second-order valence-corrected chi connectivity index (χ2v) is 7.39. The first kappa shape index (κ1) is 27.5. The van der Waals surface area contributed by atoms with E-state index in [9.17, 15) is 24.0 Å². The number of carbonyl (C=O) groups is 5. The number of hydrogen-bond donors (Lipinski definition) is 2. The van der Waals surface area contributed by atoms with Crippen molar-refractivity contribution in [2.75, 3.05) is 19.5 Å². The molecule has 2 rings (SSSR count). The molecule has 5 atom stereocenters. The van der Waals surface area contributed by atoms with Crippen molar-refractivity contribution in [1.29, 1.82) is 0 Å². The van der Waals surface area contributed by atoms with Crippen molar-refractivity contribution in [3.05, 3.63) is 29.8 Å². The molecule has 1 aromatic carbocycles. The third-order valence-corrected chi connectivity index (χ3v) is 4.68. The monoisotopic (exact) mass is 496 g/mol. The van der Waals surface area contributed by atoms with Crippen molar-refractivity contribution >= 4 is 35.7 Å². The number of amides is 1. The van der Waals surface area contributed by atoms with Crippen LogP contribution in [0.15, 0.2) is 24.3 Å². The van der Waals surface area contributed by atoms with Crippen LogP contribution >= 0.6 is 0 Å². The minimum absolute atomic E-state index is 0.422. The molecule has 1 fully saturated rings. The highest BCUT2D eigenvalue weighted by Gasteiger charge is 2.56. The van der Waals surface area contributed by atoms with Gasteiger partial charge >= 0.3 is 30.0 Å². The van der Waals surface area contributed by atoms with E-state index >= 15 is 0 Å². The summed E-state index contributed by atoms with van der Waals surface area (Å²) in [7, 11) is 2.78. The van der Waals surface area contributed by atoms with Crippen LogP contribution in [-0.4, -0.2) is 74.8 Å². The van der Waals surface area contributed by atoms with E-state index < -0.39 is 60.7 Å². The van der Waals surface area contributed by atoms with E-state index in [1.165, 1.54) is 0 Å². The molecule has 1 aliphatic rings.